The van der Waals surface area contributed by atoms with Crippen LogP contribution >= 0.6 is 24.0 Å². The number of hydrogen-bond acceptors (Lipinski definition) is 5. The van der Waals surface area contributed by atoms with Crippen LogP contribution in [0.5, 0.6) is 11.5 Å². The summed E-state index contributed by atoms with van der Waals surface area (Å²) in [6.45, 7) is 11.9. The van der Waals surface area contributed by atoms with E-state index in [1.807, 2.05) is 6.92 Å². The fourth-order valence-corrected chi connectivity index (χ4v) is 3.65. The van der Waals surface area contributed by atoms with Crippen LogP contribution in [0.3, 0.4) is 0 Å². The van der Waals surface area contributed by atoms with Crippen molar-refractivity contribution in [3.8, 4) is 11.5 Å². The third-order valence-corrected chi connectivity index (χ3v) is 5.27. The molecule has 0 saturated carbocycles. The van der Waals surface area contributed by atoms with Crippen LogP contribution in [-0.2, 0) is 25.9 Å². The van der Waals surface area contributed by atoms with Crippen molar-refractivity contribution in [1.82, 2.24) is 25.4 Å². The monoisotopic (exact) mass is 556 g/mol. The van der Waals surface area contributed by atoms with Gasteiger partial charge in [0, 0.05) is 43.6 Å². The number of hydrogen-bond donors (Lipinski definition) is 2. The standard InChI is InChI=1S/C23H36N6O2.HI/c1-5-8-9-24-23(25-10-11-29-16-27-28-22(29)6-2)26-15-19-14-21-18(12-17(4)31-21)13-20(19)30-7-3;/h13-14,16-17H,5-12,15H2,1-4H3,(H2,24,25,26);1H. The third-order valence-electron chi connectivity index (χ3n) is 5.27. The molecule has 3 rings (SSSR count). The number of aryl methyl sites for hydroxylation is 1. The average molecular weight is 556 g/mol. The molecule has 0 radical (unpaired) electrons. The Morgan fingerprint density at radius 3 is 2.81 bits per heavy atom. The van der Waals surface area contributed by atoms with Gasteiger partial charge in [-0.2, -0.15) is 0 Å². The molecule has 0 spiro atoms. The number of unbranched alkanes of at least 4 members (excludes halogenated alkanes) is 1. The quantitative estimate of drug-likeness (QED) is 0.190. The van der Waals surface area contributed by atoms with Gasteiger partial charge >= 0.3 is 0 Å². The van der Waals surface area contributed by atoms with Gasteiger partial charge in [-0.25, -0.2) is 4.99 Å². The van der Waals surface area contributed by atoms with Gasteiger partial charge < -0.3 is 24.7 Å². The molecule has 1 aromatic carbocycles. The van der Waals surface area contributed by atoms with E-state index >= 15 is 0 Å². The molecular formula is C23H37IN6O2. The normalized spacial score (nSPS) is 15.0. The fourth-order valence-electron chi connectivity index (χ4n) is 3.65. The zero-order chi connectivity index (χ0) is 22.1. The van der Waals surface area contributed by atoms with Crippen LogP contribution in [0.25, 0.3) is 0 Å². The highest BCUT2D eigenvalue weighted by atomic mass is 127. The number of halogens is 1. The van der Waals surface area contributed by atoms with Crippen LogP contribution in [0.2, 0.25) is 0 Å². The van der Waals surface area contributed by atoms with Gasteiger partial charge in [0.05, 0.1) is 13.2 Å². The summed E-state index contributed by atoms with van der Waals surface area (Å²) >= 11 is 0. The minimum atomic E-state index is 0. The highest BCUT2D eigenvalue weighted by Gasteiger charge is 2.21. The van der Waals surface area contributed by atoms with E-state index in [9.17, 15) is 0 Å². The number of aromatic nitrogens is 3. The van der Waals surface area contributed by atoms with Gasteiger partial charge in [0.2, 0.25) is 0 Å². The van der Waals surface area contributed by atoms with E-state index in [1.165, 1.54) is 5.56 Å². The summed E-state index contributed by atoms with van der Waals surface area (Å²) in [7, 11) is 0. The summed E-state index contributed by atoms with van der Waals surface area (Å²) < 4.78 is 13.9. The lowest BCUT2D eigenvalue weighted by molar-refractivity contribution is 0.254. The van der Waals surface area contributed by atoms with Crippen molar-refractivity contribution >= 4 is 29.9 Å². The minimum absolute atomic E-state index is 0. The number of aliphatic imine (C=N–C) groups is 1. The van der Waals surface area contributed by atoms with Crippen molar-refractivity contribution in [3.05, 3.63) is 35.4 Å². The predicted octanol–water partition coefficient (Wildman–Crippen LogP) is 3.72. The van der Waals surface area contributed by atoms with Crippen LogP contribution in [0.1, 0.15) is 57.5 Å². The van der Waals surface area contributed by atoms with E-state index < -0.39 is 0 Å². The highest BCUT2D eigenvalue weighted by molar-refractivity contribution is 14.0. The average Bonchev–Trinajstić information content (AvgIpc) is 3.36. The first kappa shape index (κ1) is 26.2. The smallest absolute Gasteiger partial charge is 0.191 e. The molecule has 0 aliphatic carbocycles. The lowest BCUT2D eigenvalue weighted by Crippen LogP contribution is -2.39. The molecule has 1 unspecified atom stereocenters. The largest absolute Gasteiger partial charge is 0.494 e. The second-order valence-electron chi connectivity index (χ2n) is 7.80. The van der Waals surface area contributed by atoms with E-state index in [0.29, 0.717) is 13.2 Å². The summed E-state index contributed by atoms with van der Waals surface area (Å²) in [6.07, 6.45) is 6.02. The molecule has 0 fully saturated rings. The van der Waals surface area contributed by atoms with Gasteiger partial charge in [-0.15, -0.1) is 34.2 Å². The van der Waals surface area contributed by atoms with E-state index in [-0.39, 0.29) is 30.1 Å². The maximum absolute atomic E-state index is 5.95. The molecule has 0 amide bonds. The molecule has 178 valence electrons. The summed E-state index contributed by atoms with van der Waals surface area (Å²) in [5, 5.41) is 15.0. The molecule has 0 saturated heterocycles. The molecule has 2 heterocycles. The first-order chi connectivity index (χ1) is 15.1. The minimum Gasteiger partial charge on any atom is -0.494 e. The molecule has 2 aromatic rings. The van der Waals surface area contributed by atoms with Gasteiger partial charge in [0.25, 0.3) is 0 Å². The summed E-state index contributed by atoms with van der Waals surface area (Å²) in [5.74, 6) is 3.65. The molecule has 2 N–H and O–H groups in total. The molecule has 1 aliphatic rings. The number of rotatable bonds is 11. The zero-order valence-electron chi connectivity index (χ0n) is 19.7. The van der Waals surface area contributed by atoms with Gasteiger partial charge in [-0.1, -0.05) is 20.3 Å². The molecule has 0 bridgehead atoms. The van der Waals surface area contributed by atoms with Gasteiger partial charge in [-0.3, -0.25) is 0 Å². The van der Waals surface area contributed by atoms with Gasteiger partial charge in [0.1, 0.15) is 29.8 Å². The Bertz CT molecular complexity index is 870. The van der Waals surface area contributed by atoms with E-state index in [0.717, 1.165) is 74.2 Å². The summed E-state index contributed by atoms with van der Waals surface area (Å²) in [4.78, 5) is 4.83. The molecule has 9 heteroatoms. The van der Waals surface area contributed by atoms with Crippen LogP contribution in [-0.4, -0.2) is 46.5 Å². The van der Waals surface area contributed by atoms with Gasteiger partial charge in [-0.05, 0) is 32.4 Å². The lowest BCUT2D eigenvalue weighted by atomic mass is 10.1. The van der Waals surface area contributed by atoms with Crippen molar-refractivity contribution in [1.29, 1.82) is 0 Å². The Morgan fingerprint density at radius 1 is 1.25 bits per heavy atom. The maximum atomic E-state index is 5.95. The Kier molecular flexibility index (Phi) is 11.1. The van der Waals surface area contributed by atoms with Crippen molar-refractivity contribution < 1.29 is 9.47 Å². The molecule has 1 atom stereocenters. The first-order valence-electron chi connectivity index (χ1n) is 11.5. The molecule has 1 aromatic heterocycles. The number of ether oxygens (including phenoxy) is 2. The Labute approximate surface area is 208 Å². The second kappa shape index (κ2) is 13.5. The Hall–Kier alpha value is -2.04. The fraction of sp³-hybridized carbons (Fsp3) is 0.609. The number of guanidine groups is 1. The number of fused-ring (bicyclic) bond motifs is 1. The maximum Gasteiger partial charge on any atom is 0.191 e. The SMILES string of the molecule is CCCCNC(=NCc1cc2c(cc1OCC)CC(C)O2)NCCn1cnnc1CC.I. The van der Waals surface area contributed by atoms with Crippen LogP contribution in [0, 0.1) is 0 Å². The molecule has 32 heavy (non-hydrogen) atoms. The van der Waals surface area contributed by atoms with Crippen LogP contribution < -0.4 is 20.1 Å². The topological polar surface area (TPSA) is 85.6 Å². The molecule has 8 nitrogen and oxygen atoms in total. The van der Waals surface area contributed by atoms with Crippen molar-refractivity contribution in [2.45, 2.75) is 72.6 Å². The van der Waals surface area contributed by atoms with E-state index in [1.54, 1.807) is 6.33 Å². The highest BCUT2D eigenvalue weighted by Crippen LogP contribution is 2.35. The lowest BCUT2D eigenvalue weighted by Gasteiger charge is -2.15. The van der Waals surface area contributed by atoms with Crippen molar-refractivity contribution in [3.63, 3.8) is 0 Å². The van der Waals surface area contributed by atoms with Crippen LogP contribution in [0.15, 0.2) is 23.5 Å². The van der Waals surface area contributed by atoms with Crippen molar-refractivity contribution in [2.24, 2.45) is 4.99 Å². The third kappa shape index (κ3) is 7.25. The Balaban J connectivity index is 0.00000363. The summed E-state index contributed by atoms with van der Waals surface area (Å²) in [5.41, 5.74) is 2.25. The predicted molar refractivity (Wildman–Crippen MR) is 138 cm³/mol. The van der Waals surface area contributed by atoms with Crippen molar-refractivity contribution in [2.75, 3.05) is 19.7 Å². The summed E-state index contributed by atoms with van der Waals surface area (Å²) in [6, 6.07) is 4.20. The van der Waals surface area contributed by atoms with E-state index in [2.05, 4.69) is 58.3 Å². The first-order valence-corrected chi connectivity index (χ1v) is 11.5. The Morgan fingerprint density at radius 2 is 2.06 bits per heavy atom. The second-order valence-corrected chi connectivity index (χ2v) is 7.80. The zero-order valence-corrected chi connectivity index (χ0v) is 22.0. The van der Waals surface area contributed by atoms with Crippen LogP contribution in [0.4, 0.5) is 0 Å². The molecule has 1 aliphatic heterocycles. The number of nitrogens with zero attached hydrogens (tertiary/aromatic N) is 4. The number of benzene rings is 1. The number of nitrogens with one attached hydrogen (secondary N) is 2. The van der Waals surface area contributed by atoms with Gasteiger partial charge in [0.15, 0.2) is 5.96 Å². The molecular weight excluding hydrogens is 519 g/mol. The van der Waals surface area contributed by atoms with E-state index in [4.69, 9.17) is 14.5 Å².